The zero-order valence-electron chi connectivity index (χ0n) is 8.53. The van der Waals surface area contributed by atoms with Crippen LogP contribution in [0.3, 0.4) is 0 Å². The summed E-state index contributed by atoms with van der Waals surface area (Å²) in [6, 6.07) is 10.1. The van der Waals surface area contributed by atoms with Crippen molar-refractivity contribution in [3.05, 3.63) is 45.6 Å². The highest BCUT2D eigenvalue weighted by Crippen LogP contribution is 2.11. The van der Waals surface area contributed by atoms with Crippen LogP contribution >= 0.6 is 22.6 Å². The molecule has 0 saturated carbocycles. The highest BCUT2D eigenvalue weighted by Gasteiger charge is 1.94. The topological polar surface area (TPSA) is 29.5 Å². The van der Waals surface area contributed by atoms with Gasteiger partial charge in [-0.25, -0.2) is 0 Å². The number of ether oxygens (including phenoxy) is 1. The van der Waals surface area contributed by atoms with Crippen LogP contribution in [0.1, 0.15) is 12.0 Å². The lowest BCUT2D eigenvalue weighted by molar-refractivity contribution is 0.125. The average molecular weight is 318 g/mol. The first-order chi connectivity index (χ1) is 7.33. The summed E-state index contributed by atoms with van der Waals surface area (Å²) in [6.07, 6.45) is 2.67. The van der Waals surface area contributed by atoms with Gasteiger partial charge in [-0.2, -0.15) is 0 Å². The maximum atomic E-state index is 8.65. The maximum absolute atomic E-state index is 8.65. The smallest absolute Gasteiger partial charge is 0.0717 e. The standard InChI is InChI=1S/C12H15IO2/c13-12(6-8-14)7-9-15-10-11-4-2-1-3-5-11/h1-6,14H,7-10H2/b12-6-. The molecule has 0 aliphatic carbocycles. The van der Waals surface area contributed by atoms with Crippen LogP contribution in [0.15, 0.2) is 40.0 Å². The second-order valence-electron chi connectivity index (χ2n) is 3.12. The molecule has 0 aliphatic heterocycles. The quantitative estimate of drug-likeness (QED) is 0.645. The van der Waals surface area contributed by atoms with Gasteiger partial charge < -0.3 is 9.84 Å². The lowest BCUT2D eigenvalue weighted by atomic mass is 10.2. The zero-order valence-corrected chi connectivity index (χ0v) is 10.7. The first-order valence-corrected chi connectivity index (χ1v) is 5.98. The minimum atomic E-state index is 0.108. The third-order valence-electron chi connectivity index (χ3n) is 1.91. The Morgan fingerprint density at radius 2 is 2.07 bits per heavy atom. The number of rotatable bonds is 6. The van der Waals surface area contributed by atoms with Crippen molar-refractivity contribution in [1.82, 2.24) is 0 Å². The molecule has 1 aromatic rings. The van der Waals surface area contributed by atoms with Crippen molar-refractivity contribution >= 4 is 22.6 Å². The summed E-state index contributed by atoms with van der Waals surface area (Å²) in [5, 5.41) is 8.65. The second kappa shape index (κ2) is 7.84. The van der Waals surface area contributed by atoms with Crippen LogP contribution < -0.4 is 0 Å². The average Bonchev–Trinajstić information content (AvgIpc) is 2.26. The first-order valence-electron chi connectivity index (χ1n) is 4.90. The maximum Gasteiger partial charge on any atom is 0.0717 e. The molecular formula is C12H15IO2. The van der Waals surface area contributed by atoms with Crippen molar-refractivity contribution in [3.8, 4) is 0 Å². The van der Waals surface area contributed by atoms with Gasteiger partial charge in [0, 0.05) is 6.42 Å². The molecule has 0 aliphatic rings. The van der Waals surface area contributed by atoms with E-state index in [1.165, 1.54) is 5.56 Å². The normalized spacial score (nSPS) is 11.7. The fourth-order valence-electron chi connectivity index (χ4n) is 1.14. The third-order valence-corrected chi connectivity index (χ3v) is 2.89. The summed E-state index contributed by atoms with van der Waals surface area (Å²) >= 11 is 2.22. The Morgan fingerprint density at radius 1 is 1.33 bits per heavy atom. The van der Waals surface area contributed by atoms with E-state index in [9.17, 15) is 0 Å². The number of hydrogen-bond donors (Lipinski definition) is 1. The Balaban J connectivity index is 2.15. The van der Waals surface area contributed by atoms with Gasteiger partial charge in [-0.3, -0.25) is 0 Å². The molecule has 0 heterocycles. The van der Waals surface area contributed by atoms with Gasteiger partial charge >= 0.3 is 0 Å². The molecule has 0 bridgehead atoms. The zero-order chi connectivity index (χ0) is 10.9. The molecule has 1 rings (SSSR count). The largest absolute Gasteiger partial charge is 0.392 e. The van der Waals surface area contributed by atoms with Gasteiger partial charge in [-0.15, -0.1) is 0 Å². The monoisotopic (exact) mass is 318 g/mol. The molecule has 0 spiro atoms. The number of halogens is 1. The summed E-state index contributed by atoms with van der Waals surface area (Å²) in [7, 11) is 0. The van der Waals surface area contributed by atoms with Crippen molar-refractivity contribution in [2.75, 3.05) is 13.2 Å². The molecule has 82 valence electrons. The highest BCUT2D eigenvalue weighted by atomic mass is 127. The lowest BCUT2D eigenvalue weighted by Gasteiger charge is -2.03. The molecule has 0 unspecified atom stereocenters. The van der Waals surface area contributed by atoms with Gasteiger partial charge in [0.25, 0.3) is 0 Å². The van der Waals surface area contributed by atoms with E-state index in [2.05, 4.69) is 34.7 Å². The lowest BCUT2D eigenvalue weighted by Crippen LogP contribution is -1.95. The molecule has 0 amide bonds. The van der Waals surface area contributed by atoms with Crippen LogP contribution in [0.2, 0.25) is 0 Å². The van der Waals surface area contributed by atoms with E-state index in [-0.39, 0.29) is 6.61 Å². The predicted octanol–water partition coefficient (Wildman–Crippen LogP) is 2.90. The van der Waals surface area contributed by atoms with E-state index >= 15 is 0 Å². The number of hydrogen-bond acceptors (Lipinski definition) is 2. The van der Waals surface area contributed by atoms with Crippen molar-refractivity contribution in [1.29, 1.82) is 0 Å². The van der Waals surface area contributed by atoms with Crippen LogP contribution in [-0.2, 0) is 11.3 Å². The van der Waals surface area contributed by atoms with Crippen molar-refractivity contribution in [2.45, 2.75) is 13.0 Å². The Kier molecular flexibility index (Phi) is 6.63. The van der Waals surface area contributed by atoms with Crippen LogP contribution in [0, 0.1) is 0 Å². The van der Waals surface area contributed by atoms with Crippen LogP contribution in [0.25, 0.3) is 0 Å². The van der Waals surface area contributed by atoms with Gasteiger partial charge in [-0.05, 0) is 37.8 Å². The summed E-state index contributed by atoms with van der Waals surface area (Å²) in [5.41, 5.74) is 1.19. The van der Waals surface area contributed by atoms with Crippen molar-refractivity contribution in [3.63, 3.8) is 0 Å². The molecular weight excluding hydrogens is 303 g/mol. The summed E-state index contributed by atoms with van der Waals surface area (Å²) in [5.74, 6) is 0. The molecule has 3 heteroatoms. The number of benzene rings is 1. The van der Waals surface area contributed by atoms with Gasteiger partial charge in [0.15, 0.2) is 0 Å². The van der Waals surface area contributed by atoms with Crippen molar-refractivity contribution < 1.29 is 9.84 Å². The molecule has 15 heavy (non-hydrogen) atoms. The molecule has 1 N–H and O–H groups in total. The van der Waals surface area contributed by atoms with Crippen LogP contribution in [0.4, 0.5) is 0 Å². The molecule has 0 aromatic heterocycles. The molecule has 1 aromatic carbocycles. The first kappa shape index (κ1) is 12.7. The predicted molar refractivity (Wildman–Crippen MR) is 69.9 cm³/mol. The van der Waals surface area contributed by atoms with E-state index in [1.54, 1.807) is 6.08 Å². The Labute approximate surface area is 104 Å². The number of aliphatic hydroxyl groups is 1. The molecule has 0 atom stereocenters. The molecule has 2 nitrogen and oxygen atoms in total. The van der Waals surface area contributed by atoms with E-state index in [0.717, 1.165) is 10.0 Å². The molecule has 0 fully saturated rings. The minimum Gasteiger partial charge on any atom is -0.392 e. The van der Waals surface area contributed by atoms with Crippen LogP contribution in [0.5, 0.6) is 0 Å². The fourth-order valence-corrected chi connectivity index (χ4v) is 1.55. The fraction of sp³-hybridized carbons (Fsp3) is 0.333. The van der Waals surface area contributed by atoms with E-state index in [4.69, 9.17) is 9.84 Å². The highest BCUT2D eigenvalue weighted by molar-refractivity contribution is 14.1. The van der Waals surface area contributed by atoms with E-state index < -0.39 is 0 Å². The third kappa shape index (κ3) is 5.92. The second-order valence-corrected chi connectivity index (χ2v) is 4.51. The SMILES string of the molecule is OC/C=C(\I)CCOCc1ccccc1. The Hall–Kier alpha value is -0.390. The van der Waals surface area contributed by atoms with Gasteiger partial charge in [0.2, 0.25) is 0 Å². The summed E-state index contributed by atoms with van der Waals surface area (Å²) < 4.78 is 6.65. The molecule has 0 radical (unpaired) electrons. The number of aliphatic hydroxyl groups excluding tert-OH is 1. The van der Waals surface area contributed by atoms with Crippen LogP contribution in [-0.4, -0.2) is 18.3 Å². The molecule has 0 saturated heterocycles. The van der Waals surface area contributed by atoms with Gasteiger partial charge in [0.05, 0.1) is 19.8 Å². The minimum absolute atomic E-state index is 0.108. The van der Waals surface area contributed by atoms with Gasteiger partial charge in [0.1, 0.15) is 0 Å². The Bertz CT molecular complexity index is 296. The van der Waals surface area contributed by atoms with E-state index in [1.807, 2.05) is 18.2 Å². The van der Waals surface area contributed by atoms with Gasteiger partial charge in [-0.1, -0.05) is 30.3 Å². The van der Waals surface area contributed by atoms with Crippen molar-refractivity contribution in [2.24, 2.45) is 0 Å². The Morgan fingerprint density at radius 3 is 2.73 bits per heavy atom. The van der Waals surface area contributed by atoms with E-state index in [0.29, 0.717) is 13.2 Å². The summed E-state index contributed by atoms with van der Waals surface area (Å²) in [6.45, 7) is 1.46. The summed E-state index contributed by atoms with van der Waals surface area (Å²) in [4.78, 5) is 0.